The SMILES string of the molecule is CNC(=O)c1cccc(-c2ccccc2-n2c3c(c4cc(C)ccc42)CN(C)CC3)c1. The van der Waals surface area contributed by atoms with Gasteiger partial charge in [0.1, 0.15) is 0 Å². The van der Waals surface area contributed by atoms with Crippen LogP contribution in [0.1, 0.15) is 27.2 Å². The van der Waals surface area contributed by atoms with E-state index >= 15 is 0 Å². The summed E-state index contributed by atoms with van der Waals surface area (Å²) in [5.74, 6) is -0.0679. The number of para-hydroxylation sites is 1. The minimum Gasteiger partial charge on any atom is -0.355 e. The zero-order valence-corrected chi connectivity index (χ0v) is 18.3. The summed E-state index contributed by atoms with van der Waals surface area (Å²) in [7, 11) is 3.86. The molecule has 0 saturated carbocycles. The molecule has 31 heavy (non-hydrogen) atoms. The summed E-state index contributed by atoms with van der Waals surface area (Å²) in [6.45, 7) is 4.18. The largest absolute Gasteiger partial charge is 0.355 e. The molecule has 1 aliphatic heterocycles. The van der Waals surface area contributed by atoms with Gasteiger partial charge in [-0.3, -0.25) is 4.79 Å². The van der Waals surface area contributed by atoms with Crippen LogP contribution < -0.4 is 5.32 Å². The first-order valence-corrected chi connectivity index (χ1v) is 10.8. The molecule has 0 radical (unpaired) electrons. The van der Waals surface area contributed by atoms with E-state index in [0.717, 1.165) is 36.3 Å². The van der Waals surface area contributed by atoms with E-state index < -0.39 is 0 Å². The summed E-state index contributed by atoms with van der Waals surface area (Å²) in [6, 6.07) is 23.2. The Bertz CT molecular complexity index is 1300. The third kappa shape index (κ3) is 3.33. The monoisotopic (exact) mass is 409 g/mol. The van der Waals surface area contributed by atoms with Crippen molar-refractivity contribution >= 4 is 16.8 Å². The second kappa shape index (κ2) is 7.71. The molecule has 0 bridgehead atoms. The van der Waals surface area contributed by atoms with Gasteiger partial charge in [0.05, 0.1) is 11.2 Å². The summed E-state index contributed by atoms with van der Waals surface area (Å²) < 4.78 is 2.44. The number of hydrogen-bond donors (Lipinski definition) is 1. The van der Waals surface area contributed by atoms with Crippen LogP contribution in [0.3, 0.4) is 0 Å². The van der Waals surface area contributed by atoms with E-state index in [1.54, 1.807) is 7.05 Å². The Balaban J connectivity index is 1.76. The van der Waals surface area contributed by atoms with Gasteiger partial charge >= 0.3 is 0 Å². The van der Waals surface area contributed by atoms with Gasteiger partial charge in [-0.1, -0.05) is 42.0 Å². The first-order valence-electron chi connectivity index (χ1n) is 10.8. The van der Waals surface area contributed by atoms with Crippen molar-refractivity contribution in [3.8, 4) is 16.8 Å². The van der Waals surface area contributed by atoms with Crippen molar-refractivity contribution in [1.29, 1.82) is 0 Å². The van der Waals surface area contributed by atoms with Crippen molar-refractivity contribution in [2.24, 2.45) is 0 Å². The highest BCUT2D eigenvalue weighted by Gasteiger charge is 2.24. The van der Waals surface area contributed by atoms with E-state index in [0.29, 0.717) is 5.56 Å². The molecule has 0 spiro atoms. The van der Waals surface area contributed by atoms with Gasteiger partial charge < -0.3 is 14.8 Å². The quantitative estimate of drug-likeness (QED) is 0.520. The number of nitrogens with one attached hydrogen (secondary N) is 1. The van der Waals surface area contributed by atoms with Gasteiger partial charge in [-0.05, 0) is 55.4 Å². The van der Waals surface area contributed by atoms with Crippen molar-refractivity contribution in [3.63, 3.8) is 0 Å². The van der Waals surface area contributed by atoms with E-state index in [9.17, 15) is 4.79 Å². The van der Waals surface area contributed by atoms with Crippen LogP contribution >= 0.6 is 0 Å². The van der Waals surface area contributed by atoms with E-state index in [2.05, 4.69) is 77.3 Å². The molecule has 0 saturated heterocycles. The normalized spacial score (nSPS) is 13.9. The van der Waals surface area contributed by atoms with Crippen molar-refractivity contribution in [3.05, 3.63) is 89.1 Å². The van der Waals surface area contributed by atoms with E-state index in [4.69, 9.17) is 0 Å². The van der Waals surface area contributed by atoms with Crippen LogP contribution in [0.4, 0.5) is 0 Å². The number of carbonyl (C=O) groups excluding carboxylic acids is 1. The number of carbonyl (C=O) groups is 1. The lowest BCUT2D eigenvalue weighted by Gasteiger charge is -2.25. The highest BCUT2D eigenvalue weighted by atomic mass is 16.1. The van der Waals surface area contributed by atoms with Gasteiger partial charge in [0.25, 0.3) is 5.91 Å². The number of aromatic nitrogens is 1. The average Bonchev–Trinajstić information content (AvgIpc) is 3.11. The molecule has 1 amide bonds. The third-order valence-corrected chi connectivity index (χ3v) is 6.30. The standard InChI is InChI=1S/C27H27N3O/c1-18-11-12-25-22(15-18)23-17-29(3)14-13-26(23)30(25)24-10-5-4-9-21(24)19-7-6-8-20(16-19)27(31)28-2/h4-12,15-16H,13-14,17H2,1-3H3,(H,28,31). The minimum atomic E-state index is -0.0679. The van der Waals surface area contributed by atoms with E-state index in [1.807, 2.05) is 18.2 Å². The zero-order chi connectivity index (χ0) is 21.5. The summed E-state index contributed by atoms with van der Waals surface area (Å²) >= 11 is 0. The molecule has 4 heteroatoms. The summed E-state index contributed by atoms with van der Waals surface area (Å²) in [4.78, 5) is 14.6. The molecule has 4 aromatic rings. The number of aryl methyl sites for hydroxylation is 1. The number of fused-ring (bicyclic) bond motifs is 3. The maximum Gasteiger partial charge on any atom is 0.251 e. The molecule has 1 N–H and O–H groups in total. The lowest BCUT2D eigenvalue weighted by molar-refractivity contribution is 0.0963. The van der Waals surface area contributed by atoms with Crippen LogP contribution in [-0.2, 0) is 13.0 Å². The molecular formula is C27H27N3O. The van der Waals surface area contributed by atoms with E-state index in [-0.39, 0.29) is 5.91 Å². The number of nitrogens with zero attached hydrogens (tertiary/aromatic N) is 2. The number of likely N-dealkylation sites (N-methyl/N-ethyl adjacent to an activating group) is 1. The smallest absolute Gasteiger partial charge is 0.251 e. The molecule has 0 aliphatic carbocycles. The minimum absolute atomic E-state index is 0.0679. The molecule has 0 unspecified atom stereocenters. The molecule has 3 aromatic carbocycles. The predicted octanol–water partition coefficient (Wildman–Crippen LogP) is 4.95. The molecule has 2 heterocycles. The maximum absolute atomic E-state index is 12.2. The molecular weight excluding hydrogens is 382 g/mol. The third-order valence-electron chi connectivity index (χ3n) is 6.30. The first-order chi connectivity index (χ1) is 15.1. The molecule has 0 fully saturated rings. The molecule has 4 nitrogen and oxygen atoms in total. The number of hydrogen-bond acceptors (Lipinski definition) is 2. The summed E-state index contributed by atoms with van der Waals surface area (Å²) in [5.41, 5.74) is 9.38. The van der Waals surface area contributed by atoms with Crippen LogP contribution in [-0.4, -0.2) is 36.0 Å². The van der Waals surface area contributed by atoms with Crippen molar-refractivity contribution in [2.45, 2.75) is 19.9 Å². The second-order valence-corrected chi connectivity index (χ2v) is 8.45. The van der Waals surface area contributed by atoms with Crippen LogP contribution in [0.2, 0.25) is 0 Å². The van der Waals surface area contributed by atoms with Gasteiger partial charge in [0.15, 0.2) is 0 Å². The van der Waals surface area contributed by atoms with Crippen LogP contribution in [0.25, 0.3) is 27.7 Å². The Morgan fingerprint density at radius 2 is 1.84 bits per heavy atom. The highest BCUT2D eigenvalue weighted by molar-refractivity contribution is 5.96. The zero-order valence-electron chi connectivity index (χ0n) is 18.3. The number of amides is 1. The Kier molecular flexibility index (Phi) is 4.87. The van der Waals surface area contributed by atoms with Gasteiger partial charge in [-0.2, -0.15) is 0 Å². The van der Waals surface area contributed by atoms with Crippen molar-refractivity contribution < 1.29 is 4.79 Å². The summed E-state index contributed by atoms with van der Waals surface area (Å²) in [6.07, 6.45) is 1.02. The molecule has 156 valence electrons. The van der Waals surface area contributed by atoms with Gasteiger partial charge in [-0.25, -0.2) is 0 Å². The van der Waals surface area contributed by atoms with Gasteiger partial charge in [-0.15, -0.1) is 0 Å². The van der Waals surface area contributed by atoms with E-state index in [1.165, 1.54) is 27.7 Å². The van der Waals surface area contributed by atoms with Crippen LogP contribution in [0.15, 0.2) is 66.7 Å². The highest BCUT2D eigenvalue weighted by Crippen LogP contribution is 2.37. The number of benzene rings is 3. The van der Waals surface area contributed by atoms with Crippen molar-refractivity contribution in [2.75, 3.05) is 20.6 Å². The van der Waals surface area contributed by atoms with Crippen molar-refractivity contribution in [1.82, 2.24) is 14.8 Å². The Hall–Kier alpha value is -3.37. The molecule has 1 aromatic heterocycles. The van der Waals surface area contributed by atoms with Crippen LogP contribution in [0, 0.1) is 6.92 Å². The fourth-order valence-electron chi connectivity index (χ4n) is 4.77. The van der Waals surface area contributed by atoms with Gasteiger partial charge in [0.2, 0.25) is 0 Å². The summed E-state index contributed by atoms with van der Waals surface area (Å²) in [5, 5.41) is 4.07. The van der Waals surface area contributed by atoms with Gasteiger partial charge in [0, 0.05) is 48.8 Å². The first kappa shape index (κ1) is 19.6. The fourth-order valence-corrected chi connectivity index (χ4v) is 4.77. The molecule has 5 rings (SSSR count). The average molecular weight is 410 g/mol. The molecule has 1 aliphatic rings. The maximum atomic E-state index is 12.2. The molecule has 0 atom stereocenters. The van der Waals surface area contributed by atoms with Crippen LogP contribution in [0.5, 0.6) is 0 Å². The number of rotatable bonds is 3. The predicted molar refractivity (Wildman–Crippen MR) is 127 cm³/mol. The Morgan fingerprint density at radius 1 is 1.00 bits per heavy atom. The lowest BCUT2D eigenvalue weighted by Crippen LogP contribution is -2.27. The second-order valence-electron chi connectivity index (χ2n) is 8.45. The lowest BCUT2D eigenvalue weighted by atomic mass is 10.0. The Morgan fingerprint density at radius 3 is 2.68 bits per heavy atom. The fraction of sp³-hybridized carbons (Fsp3) is 0.222. The topological polar surface area (TPSA) is 37.3 Å². The Labute approximate surface area is 183 Å².